The van der Waals surface area contributed by atoms with Crippen LogP contribution >= 0.6 is 0 Å². The highest BCUT2D eigenvalue weighted by Gasteiger charge is 2.33. The van der Waals surface area contributed by atoms with Crippen LogP contribution in [0.2, 0.25) is 0 Å². The van der Waals surface area contributed by atoms with E-state index in [4.69, 9.17) is 9.47 Å². The number of carbonyl (C=O) groups excluding carboxylic acids is 2. The summed E-state index contributed by atoms with van der Waals surface area (Å²) in [6.45, 7) is 4.87. The van der Waals surface area contributed by atoms with Crippen LogP contribution in [0.4, 0.5) is 10.1 Å². The molecule has 41 heavy (non-hydrogen) atoms. The summed E-state index contributed by atoms with van der Waals surface area (Å²) in [4.78, 5) is 28.1. The molecule has 0 heterocycles. The molecule has 2 amide bonds. The summed E-state index contributed by atoms with van der Waals surface area (Å²) in [7, 11) is -1.40. The number of nitrogens with one attached hydrogen (secondary N) is 1. The summed E-state index contributed by atoms with van der Waals surface area (Å²) in [5.41, 5.74) is 0.329. The minimum atomic E-state index is -4.26. The predicted molar refractivity (Wildman–Crippen MR) is 155 cm³/mol. The SMILES string of the molecule is COc1ccc(N(CC(=O)N(Cc2ccccc2F)C(C)C(=O)NCC(C)C)S(=O)(=O)c2ccccc2)cc1OC. The van der Waals surface area contributed by atoms with Gasteiger partial charge < -0.3 is 19.7 Å². The van der Waals surface area contributed by atoms with E-state index in [2.05, 4.69) is 5.32 Å². The van der Waals surface area contributed by atoms with Gasteiger partial charge >= 0.3 is 0 Å². The lowest BCUT2D eigenvalue weighted by Gasteiger charge is -2.32. The third kappa shape index (κ3) is 7.75. The van der Waals surface area contributed by atoms with Crippen molar-refractivity contribution in [2.45, 2.75) is 38.3 Å². The van der Waals surface area contributed by atoms with E-state index in [-0.39, 0.29) is 34.4 Å². The van der Waals surface area contributed by atoms with Crippen LogP contribution in [-0.2, 0) is 26.2 Å². The standard InChI is InChI=1S/C30H36FN3O6S/c1-21(2)18-32-30(36)22(3)33(19-23-11-9-10-14-26(23)31)29(35)20-34(41(37,38)25-12-7-6-8-13-25)24-15-16-27(39-4)28(17-24)40-5/h6-17,21-22H,18-20H2,1-5H3,(H,32,36). The number of methoxy groups -OCH3 is 2. The topological polar surface area (TPSA) is 105 Å². The average Bonchev–Trinajstić information content (AvgIpc) is 2.97. The highest BCUT2D eigenvalue weighted by Crippen LogP contribution is 2.34. The second-order valence-electron chi connectivity index (χ2n) is 9.79. The molecule has 0 spiro atoms. The van der Waals surface area contributed by atoms with Crippen LogP contribution in [-0.4, -0.2) is 58.5 Å². The molecule has 0 radical (unpaired) electrons. The van der Waals surface area contributed by atoms with Gasteiger partial charge in [0.2, 0.25) is 11.8 Å². The normalized spacial score (nSPS) is 12.0. The molecule has 0 aliphatic carbocycles. The van der Waals surface area contributed by atoms with Gasteiger partial charge in [-0.25, -0.2) is 12.8 Å². The van der Waals surface area contributed by atoms with Gasteiger partial charge in [0.1, 0.15) is 18.4 Å². The number of hydrogen-bond donors (Lipinski definition) is 1. The first kappa shape index (κ1) is 31.4. The molecule has 3 rings (SSSR count). The Kier molecular flexibility index (Phi) is 10.7. The molecule has 0 bridgehead atoms. The summed E-state index contributed by atoms with van der Waals surface area (Å²) in [5, 5.41) is 2.80. The van der Waals surface area contributed by atoms with Crippen LogP contribution in [0.25, 0.3) is 0 Å². The second kappa shape index (κ2) is 14.0. The fraction of sp³-hybridized carbons (Fsp3) is 0.333. The molecule has 220 valence electrons. The fourth-order valence-corrected chi connectivity index (χ4v) is 5.50. The summed E-state index contributed by atoms with van der Waals surface area (Å²) >= 11 is 0. The van der Waals surface area contributed by atoms with Crippen LogP contribution in [0.1, 0.15) is 26.3 Å². The quantitative estimate of drug-likeness (QED) is 0.322. The van der Waals surface area contributed by atoms with Crippen molar-refractivity contribution in [3.05, 3.63) is 84.2 Å². The van der Waals surface area contributed by atoms with E-state index in [1.807, 2.05) is 13.8 Å². The molecule has 0 saturated heterocycles. The van der Waals surface area contributed by atoms with Crippen molar-refractivity contribution in [3.63, 3.8) is 0 Å². The third-order valence-electron chi connectivity index (χ3n) is 6.42. The summed E-state index contributed by atoms with van der Waals surface area (Å²) < 4.78 is 54.0. The maximum atomic E-state index is 14.7. The molecule has 3 aromatic rings. The lowest BCUT2D eigenvalue weighted by atomic mass is 10.1. The summed E-state index contributed by atoms with van der Waals surface area (Å²) in [6.07, 6.45) is 0. The number of nitrogens with zero attached hydrogens (tertiary/aromatic N) is 2. The molecule has 0 aliphatic rings. The maximum Gasteiger partial charge on any atom is 0.264 e. The number of anilines is 1. The molecule has 9 nitrogen and oxygen atoms in total. The van der Waals surface area contributed by atoms with Gasteiger partial charge in [0, 0.05) is 24.7 Å². The predicted octanol–water partition coefficient (Wildman–Crippen LogP) is 4.23. The molecule has 0 fully saturated rings. The molecule has 0 aliphatic heterocycles. The Balaban J connectivity index is 2.07. The first-order valence-electron chi connectivity index (χ1n) is 13.1. The van der Waals surface area contributed by atoms with Crippen molar-refractivity contribution in [2.75, 3.05) is 31.6 Å². The zero-order valence-electron chi connectivity index (χ0n) is 23.8. The van der Waals surface area contributed by atoms with E-state index in [0.29, 0.717) is 12.3 Å². The van der Waals surface area contributed by atoms with E-state index in [9.17, 15) is 22.4 Å². The van der Waals surface area contributed by atoms with Gasteiger partial charge in [-0.05, 0) is 43.2 Å². The van der Waals surface area contributed by atoms with Crippen LogP contribution < -0.4 is 19.1 Å². The van der Waals surface area contributed by atoms with Gasteiger partial charge in [0.05, 0.1) is 24.8 Å². The minimum Gasteiger partial charge on any atom is -0.493 e. The van der Waals surface area contributed by atoms with Gasteiger partial charge in [-0.3, -0.25) is 13.9 Å². The molecule has 3 aromatic carbocycles. The van der Waals surface area contributed by atoms with Crippen molar-refractivity contribution in [1.29, 1.82) is 0 Å². The molecule has 1 atom stereocenters. The zero-order chi connectivity index (χ0) is 30.2. The Morgan fingerprint density at radius 2 is 1.54 bits per heavy atom. The van der Waals surface area contributed by atoms with E-state index >= 15 is 0 Å². The lowest BCUT2D eigenvalue weighted by molar-refractivity contribution is -0.139. The van der Waals surface area contributed by atoms with Gasteiger partial charge in [0.25, 0.3) is 10.0 Å². The number of carbonyl (C=O) groups is 2. The van der Waals surface area contributed by atoms with Crippen molar-refractivity contribution in [2.24, 2.45) is 5.92 Å². The van der Waals surface area contributed by atoms with E-state index in [1.165, 1.54) is 74.6 Å². The molecule has 0 aromatic heterocycles. The molecule has 0 saturated carbocycles. The molecule has 11 heteroatoms. The Morgan fingerprint density at radius 1 is 0.902 bits per heavy atom. The second-order valence-corrected chi connectivity index (χ2v) is 11.7. The van der Waals surface area contributed by atoms with Crippen LogP contribution in [0.15, 0.2) is 77.7 Å². The fourth-order valence-electron chi connectivity index (χ4n) is 4.07. The Hall–Kier alpha value is -4.12. The zero-order valence-corrected chi connectivity index (χ0v) is 24.7. The van der Waals surface area contributed by atoms with Crippen molar-refractivity contribution in [3.8, 4) is 11.5 Å². The number of amides is 2. The number of rotatable bonds is 13. The van der Waals surface area contributed by atoms with Crippen molar-refractivity contribution >= 4 is 27.5 Å². The molecule has 1 unspecified atom stereocenters. The molecular weight excluding hydrogens is 549 g/mol. The molecular formula is C30H36FN3O6S. The van der Waals surface area contributed by atoms with Crippen LogP contribution in [0.5, 0.6) is 11.5 Å². The van der Waals surface area contributed by atoms with E-state index in [1.54, 1.807) is 24.3 Å². The van der Waals surface area contributed by atoms with Crippen LogP contribution in [0.3, 0.4) is 0 Å². The summed E-state index contributed by atoms with van der Waals surface area (Å²) in [6, 6.07) is 17.1. The van der Waals surface area contributed by atoms with E-state index in [0.717, 1.165) is 4.31 Å². The Bertz CT molecular complexity index is 1450. The average molecular weight is 586 g/mol. The number of ether oxygens (including phenoxy) is 2. The van der Waals surface area contributed by atoms with Gasteiger partial charge in [-0.1, -0.05) is 50.2 Å². The Labute approximate surface area is 240 Å². The smallest absolute Gasteiger partial charge is 0.264 e. The first-order valence-corrected chi connectivity index (χ1v) is 14.5. The van der Waals surface area contributed by atoms with Crippen molar-refractivity contribution in [1.82, 2.24) is 10.2 Å². The Morgan fingerprint density at radius 3 is 2.15 bits per heavy atom. The van der Waals surface area contributed by atoms with Crippen molar-refractivity contribution < 1.29 is 31.9 Å². The monoisotopic (exact) mass is 585 g/mol. The highest BCUT2D eigenvalue weighted by atomic mass is 32.2. The number of hydrogen-bond acceptors (Lipinski definition) is 6. The highest BCUT2D eigenvalue weighted by molar-refractivity contribution is 7.92. The maximum absolute atomic E-state index is 14.7. The third-order valence-corrected chi connectivity index (χ3v) is 8.20. The molecule has 1 N–H and O–H groups in total. The van der Waals surface area contributed by atoms with E-state index < -0.39 is 40.2 Å². The number of sulfonamides is 1. The van der Waals surface area contributed by atoms with Gasteiger partial charge in [-0.15, -0.1) is 0 Å². The first-order chi connectivity index (χ1) is 19.5. The lowest BCUT2D eigenvalue weighted by Crippen LogP contribution is -2.51. The van der Waals surface area contributed by atoms with Gasteiger partial charge in [0.15, 0.2) is 11.5 Å². The summed E-state index contributed by atoms with van der Waals surface area (Å²) in [5.74, 6) is -0.888. The number of halogens is 1. The van der Waals surface area contributed by atoms with Gasteiger partial charge in [-0.2, -0.15) is 0 Å². The number of benzene rings is 3. The largest absolute Gasteiger partial charge is 0.493 e. The van der Waals surface area contributed by atoms with Crippen LogP contribution in [0, 0.1) is 11.7 Å². The minimum absolute atomic E-state index is 0.0361.